The second kappa shape index (κ2) is 2.65. The van der Waals surface area contributed by atoms with Crippen LogP contribution in [0, 0.1) is 13.8 Å². The molecule has 0 fully saturated rings. The van der Waals surface area contributed by atoms with E-state index in [4.69, 9.17) is 0 Å². The van der Waals surface area contributed by atoms with Crippen molar-refractivity contribution in [3.05, 3.63) is 28.2 Å². The van der Waals surface area contributed by atoms with Crippen LogP contribution in [-0.2, 0) is 0 Å². The molecule has 0 saturated carbocycles. The Hall–Kier alpha value is -0.721. The van der Waals surface area contributed by atoms with Gasteiger partial charge in [-0.1, -0.05) is 0 Å². The number of fused-ring (bicyclic) bond motifs is 1. The van der Waals surface area contributed by atoms with E-state index < -0.39 is 0 Å². The Morgan fingerprint density at radius 1 is 1.17 bits per heavy atom. The molecule has 1 aromatic heterocycles. The van der Waals surface area contributed by atoms with Crippen molar-refractivity contribution in [3.8, 4) is 5.75 Å². The third kappa shape index (κ3) is 1.17. The molecule has 2 aromatic rings. The monoisotopic (exact) mass is 226 g/mol. The molecule has 0 aliphatic carbocycles. The van der Waals surface area contributed by atoms with Gasteiger partial charge in [-0.25, -0.2) is 0 Å². The number of hydrogen-bond acceptors (Lipinski definition) is 1. The van der Waals surface area contributed by atoms with Crippen molar-refractivity contribution in [3.63, 3.8) is 0 Å². The van der Waals surface area contributed by atoms with E-state index >= 15 is 0 Å². The SMILES string of the molecule is Cc1cc(O)c2cc(C)[se]c2c1. The second-order valence-electron chi connectivity index (χ2n) is 3.05. The van der Waals surface area contributed by atoms with Gasteiger partial charge in [0.15, 0.2) is 0 Å². The molecule has 0 amide bonds. The quantitative estimate of drug-likeness (QED) is 0.681. The van der Waals surface area contributed by atoms with E-state index in [0.717, 1.165) is 10.9 Å². The Balaban J connectivity index is 2.88. The van der Waals surface area contributed by atoms with Crippen molar-refractivity contribution >= 4 is 24.1 Å². The molecule has 2 rings (SSSR count). The number of aromatic hydroxyl groups is 1. The first kappa shape index (κ1) is 7.90. The van der Waals surface area contributed by atoms with Gasteiger partial charge < -0.3 is 0 Å². The molecular weight excluding hydrogens is 215 g/mol. The van der Waals surface area contributed by atoms with Crippen molar-refractivity contribution in [1.82, 2.24) is 0 Å². The number of hydrogen-bond donors (Lipinski definition) is 1. The van der Waals surface area contributed by atoms with Gasteiger partial charge in [0.05, 0.1) is 0 Å². The minimum absolute atomic E-state index is 0.434. The number of benzene rings is 1. The van der Waals surface area contributed by atoms with Crippen LogP contribution in [-0.4, -0.2) is 19.6 Å². The number of aryl methyl sites for hydroxylation is 2. The zero-order valence-corrected chi connectivity index (χ0v) is 8.80. The Bertz CT molecular complexity index is 429. The van der Waals surface area contributed by atoms with Crippen LogP contribution >= 0.6 is 0 Å². The molecule has 0 unspecified atom stereocenters. The van der Waals surface area contributed by atoms with E-state index in [1.165, 1.54) is 8.70 Å². The van der Waals surface area contributed by atoms with Crippen LogP contribution in [0.15, 0.2) is 18.2 Å². The second-order valence-corrected chi connectivity index (χ2v) is 5.76. The molecule has 62 valence electrons. The van der Waals surface area contributed by atoms with Gasteiger partial charge in [-0.15, -0.1) is 0 Å². The van der Waals surface area contributed by atoms with E-state index in [0.29, 0.717) is 20.3 Å². The van der Waals surface area contributed by atoms with Crippen molar-refractivity contribution in [1.29, 1.82) is 0 Å². The predicted octanol–water partition coefficient (Wildman–Crippen LogP) is 2.22. The van der Waals surface area contributed by atoms with E-state index in [1.807, 2.05) is 13.0 Å². The van der Waals surface area contributed by atoms with Crippen molar-refractivity contribution in [2.24, 2.45) is 0 Å². The van der Waals surface area contributed by atoms with Crippen LogP contribution < -0.4 is 0 Å². The van der Waals surface area contributed by atoms with Crippen molar-refractivity contribution in [2.75, 3.05) is 0 Å². The number of phenols is 1. The number of phenolic OH excluding ortho intramolecular Hbond substituents is 1. The summed E-state index contributed by atoms with van der Waals surface area (Å²) >= 11 is 0.443. The zero-order chi connectivity index (χ0) is 8.72. The summed E-state index contributed by atoms with van der Waals surface area (Å²) in [6, 6.07) is 6.08. The first-order chi connectivity index (χ1) is 5.66. The van der Waals surface area contributed by atoms with Crippen LogP contribution in [0.25, 0.3) is 9.65 Å². The Labute approximate surface area is 77.4 Å². The summed E-state index contributed by atoms with van der Waals surface area (Å²) in [5.41, 5.74) is 1.15. The zero-order valence-electron chi connectivity index (χ0n) is 7.09. The normalized spacial score (nSPS) is 10.8. The van der Waals surface area contributed by atoms with Gasteiger partial charge in [-0.3, -0.25) is 0 Å². The average molecular weight is 225 g/mol. The van der Waals surface area contributed by atoms with E-state index in [2.05, 4.69) is 19.1 Å². The van der Waals surface area contributed by atoms with Gasteiger partial charge in [0.25, 0.3) is 0 Å². The van der Waals surface area contributed by atoms with Crippen LogP contribution in [0.4, 0.5) is 0 Å². The summed E-state index contributed by atoms with van der Waals surface area (Å²) in [7, 11) is 0. The molecule has 0 saturated heterocycles. The van der Waals surface area contributed by atoms with Gasteiger partial charge in [0.2, 0.25) is 0 Å². The van der Waals surface area contributed by atoms with Gasteiger partial charge in [0.1, 0.15) is 0 Å². The minimum atomic E-state index is 0.434. The molecule has 2 heteroatoms. The summed E-state index contributed by atoms with van der Waals surface area (Å²) in [6.45, 7) is 4.14. The Morgan fingerprint density at radius 2 is 1.92 bits per heavy atom. The summed E-state index contributed by atoms with van der Waals surface area (Å²) in [5, 5.41) is 10.6. The topological polar surface area (TPSA) is 20.2 Å². The molecule has 0 aliphatic rings. The molecule has 0 aliphatic heterocycles. The van der Waals surface area contributed by atoms with Crippen LogP contribution in [0.1, 0.15) is 10.0 Å². The third-order valence-corrected chi connectivity index (χ3v) is 3.98. The van der Waals surface area contributed by atoms with Crippen LogP contribution in [0.2, 0.25) is 0 Å². The molecule has 0 bridgehead atoms. The van der Waals surface area contributed by atoms with Crippen molar-refractivity contribution < 1.29 is 5.11 Å². The molecule has 12 heavy (non-hydrogen) atoms. The molecule has 1 N–H and O–H groups in total. The van der Waals surface area contributed by atoms with Crippen molar-refractivity contribution in [2.45, 2.75) is 13.8 Å². The molecule has 0 radical (unpaired) electrons. The summed E-state index contributed by atoms with van der Waals surface area (Å²) in [4.78, 5) is 0. The summed E-state index contributed by atoms with van der Waals surface area (Å²) in [6.07, 6.45) is 0. The first-order valence-corrected chi connectivity index (χ1v) is 5.58. The molecule has 0 atom stereocenters. The fourth-order valence-corrected chi connectivity index (χ4v) is 3.57. The Morgan fingerprint density at radius 3 is 2.67 bits per heavy atom. The molecular formula is C10H10OSe. The van der Waals surface area contributed by atoms with Gasteiger partial charge >= 0.3 is 77.1 Å². The van der Waals surface area contributed by atoms with Crippen LogP contribution in [0.3, 0.4) is 0 Å². The van der Waals surface area contributed by atoms with E-state index in [9.17, 15) is 5.11 Å². The van der Waals surface area contributed by atoms with E-state index in [-0.39, 0.29) is 0 Å². The predicted molar refractivity (Wildman–Crippen MR) is 52.0 cm³/mol. The fraction of sp³-hybridized carbons (Fsp3) is 0.200. The van der Waals surface area contributed by atoms with Gasteiger partial charge in [-0.05, 0) is 0 Å². The molecule has 1 heterocycles. The fourth-order valence-electron chi connectivity index (χ4n) is 1.38. The van der Waals surface area contributed by atoms with Gasteiger partial charge in [-0.2, -0.15) is 0 Å². The Kier molecular flexibility index (Phi) is 1.74. The third-order valence-electron chi connectivity index (χ3n) is 1.88. The molecule has 0 spiro atoms. The first-order valence-electron chi connectivity index (χ1n) is 3.86. The standard InChI is InChI=1S/C10H10OSe/c1-6-3-9(11)8-5-7(2)12-10(8)4-6/h3-5,11H,1-2H3. The van der Waals surface area contributed by atoms with Gasteiger partial charge in [0, 0.05) is 0 Å². The number of rotatable bonds is 0. The van der Waals surface area contributed by atoms with Crippen LogP contribution in [0.5, 0.6) is 5.75 Å². The summed E-state index contributed by atoms with van der Waals surface area (Å²) < 4.78 is 2.70. The maximum atomic E-state index is 9.60. The molecule has 1 aromatic carbocycles. The average Bonchev–Trinajstić information content (AvgIpc) is 2.29. The molecule has 1 nitrogen and oxygen atoms in total. The maximum absolute atomic E-state index is 9.60. The van der Waals surface area contributed by atoms with E-state index in [1.54, 1.807) is 0 Å². The summed E-state index contributed by atoms with van der Waals surface area (Å²) in [5.74, 6) is 0.434.